The average molecular weight is 750 g/mol. The molecular weight excluding hydrogens is 714 g/mol. The number of benzene rings is 4. The van der Waals surface area contributed by atoms with Crippen molar-refractivity contribution in [3.63, 3.8) is 0 Å². The Morgan fingerprint density at radius 3 is 2.37 bits per heavy atom. The summed E-state index contributed by atoms with van der Waals surface area (Å²) in [5.74, 6) is -1.25. The van der Waals surface area contributed by atoms with Crippen LogP contribution in [0.3, 0.4) is 0 Å². The van der Waals surface area contributed by atoms with Crippen molar-refractivity contribution in [1.29, 1.82) is 0 Å². The molecule has 6 rings (SSSR count). The Kier molecular flexibility index (Phi) is 11.9. The highest BCUT2D eigenvalue weighted by atomic mass is 35.5. The molecule has 52 heavy (non-hydrogen) atoms. The molecular formula is C41H36ClN3O5S2. The summed E-state index contributed by atoms with van der Waals surface area (Å²) in [7, 11) is 1.35. The Labute approximate surface area is 315 Å². The second-order valence-corrected chi connectivity index (χ2v) is 15.1. The van der Waals surface area contributed by atoms with Gasteiger partial charge in [-0.05, 0) is 90.4 Å². The van der Waals surface area contributed by atoms with Gasteiger partial charge in [-0.2, -0.15) is 0 Å². The van der Waals surface area contributed by atoms with E-state index in [1.807, 2.05) is 36.4 Å². The number of thiophene rings is 1. The van der Waals surface area contributed by atoms with Crippen LogP contribution in [0.2, 0.25) is 5.02 Å². The minimum atomic E-state index is -0.695. The number of fused-ring (bicyclic) bond motifs is 1. The van der Waals surface area contributed by atoms with Gasteiger partial charge in [0.2, 0.25) is 5.91 Å². The van der Waals surface area contributed by atoms with Crippen molar-refractivity contribution in [1.82, 2.24) is 5.32 Å². The minimum Gasteiger partial charge on any atom is -0.465 e. The van der Waals surface area contributed by atoms with E-state index in [2.05, 4.69) is 22.9 Å². The van der Waals surface area contributed by atoms with Crippen molar-refractivity contribution < 1.29 is 23.9 Å². The summed E-state index contributed by atoms with van der Waals surface area (Å²) < 4.78 is 5.14. The average Bonchev–Trinajstić information content (AvgIpc) is 3.50. The first kappa shape index (κ1) is 36.6. The standard InChI is InChI=1S/C41H36ClN3O5S2/c1-25-19-20-32-34(21-25)52-40(35(32)41(49)50-2)45-39(48)36(27-12-5-3-6-13-27)51-31-18-10-17-30(24-31)43-38(47)33(23-26-11-9-16-29(42)22-26)44-37(46)28-14-7-4-8-15-28/h3-18,22-25,36H,19-21H2,1-2H3,(H,43,47)(H,44,46)(H,45,48)/b33-23-. The lowest BCUT2D eigenvalue weighted by molar-refractivity contribution is -0.116. The van der Waals surface area contributed by atoms with Crippen LogP contribution in [0.5, 0.6) is 0 Å². The topological polar surface area (TPSA) is 114 Å². The quantitative estimate of drug-likeness (QED) is 0.0705. The second kappa shape index (κ2) is 16.9. The van der Waals surface area contributed by atoms with Crippen LogP contribution in [-0.4, -0.2) is 30.8 Å². The van der Waals surface area contributed by atoms with Gasteiger partial charge in [-0.15, -0.1) is 23.1 Å². The van der Waals surface area contributed by atoms with Gasteiger partial charge in [0.15, 0.2) is 0 Å². The molecule has 0 radical (unpaired) electrons. The van der Waals surface area contributed by atoms with Gasteiger partial charge in [0, 0.05) is 26.0 Å². The summed E-state index contributed by atoms with van der Waals surface area (Å²) in [6.07, 6.45) is 4.13. The van der Waals surface area contributed by atoms with Gasteiger partial charge in [-0.25, -0.2) is 4.79 Å². The molecule has 0 spiro atoms. The van der Waals surface area contributed by atoms with Crippen molar-refractivity contribution >= 4 is 75.2 Å². The maximum absolute atomic E-state index is 14.1. The summed E-state index contributed by atoms with van der Waals surface area (Å²) in [6, 6.07) is 32.1. The molecule has 0 saturated heterocycles. The van der Waals surface area contributed by atoms with Crippen LogP contribution < -0.4 is 16.0 Å². The predicted octanol–water partition coefficient (Wildman–Crippen LogP) is 9.19. The van der Waals surface area contributed by atoms with Crippen molar-refractivity contribution in [2.24, 2.45) is 5.92 Å². The number of esters is 1. The number of thioether (sulfide) groups is 1. The fourth-order valence-electron chi connectivity index (χ4n) is 5.92. The van der Waals surface area contributed by atoms with Gasteiger partial charge in [-0.3, -0.25) is 14.4 Å². The van der Waals surface area contributed by atoms with Crippen molar-refractivity contribution in [3.8, 4) is 0 Å². The lowest BCUT2D eigenvalue weighted by Crippen LogP contribution is -2.30. The number of anilines is 2. The van der Waals surface area contributed by atoms with Crippen LogP contribution in [0.15, 0.2) is 120 Å². The molecule has 0 fully saturated rings. The lowest BCUT2D eigenvalue weighted by Gasteiger charge is -2.18. The van der Waals surface area contributed by atoms with E-state index >= 15 is 0 Å². The number of methoxy groups -OCH3 is 1. The maximum atomic E-state index is 14.1. The zero-order chi connectivity index (χ0) is 36.6. The van der Waals surface area contributed by atoms with E-state index in [1.165, 1.54) is 30.2 Å². The van der Waals surface area contributed by atoms with Gasteiger partial charge in [0.05, 0.1) is 12.7 Å². The highest BCUT2D eigenvalue weighted by Crippen LogP contribution is 2.42. The third kappa shape index (κ3) is 9.00. The number of amides is 3. The summed E-state index contributed by atoms with van der Waals surface area (Å²) in [6.45, 7) is 2.19. The van der Waals surface area contributed by atoms with E-state index in [1.54, 1.807) is 78.9 Å². The zero-order valence-electron chi connectivity index (χ0n) is 28.5. The highest BCUT2D eigenvalue weighted by Gasteiger charge is 2.31. The Morgan fingerprint density at radius 1 is 0.904 bits per heavy atom. The summed E-state index contributed by atoms with van der Waals surface area (Å²) in [4.78, 5) is 55.7. The third-order valence-corrected chi connectivity index (χ3v) is 11.2. The molecule has 1 aromatic heterocycles. The number of halogens is 1. The zero-order valence-corrected chi connectivity index (χ0v) is 30.9. The van der Waals surface area contributed by atoms with E-state index in [4.69, 9.17) is 16.3 Å². The van der Waals surface area contributed by atoms with Gasteiger partial charge < -0.3 is 20.7 Å². The number of hydrogen-bond donors (Lipinski definition) is 3. The summed E-state index contributed by atoms with van der Waals surface area (Å²) in [5, 5.41) is 8.99. The Hall–Kier alpha value is -5.16. The number of carbonyl (C=O) groups is 4. The van der Waals surface area contributed by atoms with Gasteiger partial charge in [0.25, 0.3) is 11.8 Å². The van der Waals surface area contributed by atoms with E-state index in [-0.39, 0.29) is 11.6 Å². The molecule has 1 aliphatic carbocycles. The van der Waals surface area contributed by atoms with Crippen LogP contribution >= 0.6 is 34.7 Å². The largest absolute Gasteiger partial charge is 0.465 e. The molecule has 8 nitrogen and oxygen atoms in total. The summed E-state index contributed by atoms with van der Waals surface area (Å²) in [5.41, 5.74) is 3.66. The van der Waals surface area contributed by atoms with Crippen molar-refractivity contribution in [3.05, 3.63) is 153 Å². The third-order valence-electron chi connectivity index (χ3n) is 8.51. The minimum absolute atomic E-state index is 0.0187. The Balaban J connectivity index is 1.25. The number of carbonyl (C=O) groups excluding carboxylic acids is 4. The Bertz CT molecular complexity index is 2130. The molecule has 0 aliphatic heterocycles. The SMILES string of the molecule is COC(=O)c1c(NC(=O)C(Sc2cccc(NC(=O)/C(=C/c3cccc(Cl)c3)NC(=O)c3ccccc3)c2)c2ccccc2)sc2c1CCC(C)C2. The fraction of sp³-hybridized carbons (Fsp3) is 0.171. The first-order chi connectivity index (χ1) is 25.2. The van der Waals surface area contributed by atoms with Gasteiger partial charge in [-0.1, -0.05) is 85.3 Å². The van der Waals surface area contributed by atoms with Crippen LogP contribution in [0.25, 0.3) is 6.08 Å². The molecule has 264 valence electrons. The molecule has 3 N–H and O–H groups in total. The molecule has 5 aromatic rings. The highest BCUT2D eigenvalue weighted by molar-refractivity contribution is 8.00. The molecule has 2 atom stereocenters. The molecule has 3 amide bonds. The Morgan fingerprint density at radius 2 is 1.63 bits per heavy atom. The monoisotopic (exact) mass is 749 g/mol. The molecule has 11 heteroatoms. The van der Waals surface area contributed by atoms with E-state index in [9.17, 15) is 19.2 Å². The lowest BCUT2D eigenvalue weighted by atomic mass is 9.88. The second-order valence-electron chi connectivity index (χ2n) is 12.4. The van der Waals surface area contributed by atoms with E-state index in [0.29, 0.717) is 43.2 Å². The molecule has 2 unspecified atom stereocenters. The van der Waals surface area contributed by atoms with Crippen LogP contribution in [0.4, 0.5) is 10.7 Å². The smallest absolute Gasteiger partial charge is 0.341 e. The summed E-state index contributed by atoms with van der Waals surface area (Å²) >= 11 is 8.95. The first-order valence-corrected chi connectivity index (χ1v) is 18.8. The van der Waals surface area contributed by atoms with Crippen LogP contribution in [0, 0.1) is 5.92 Å². The number of ether oxygens (including phenoxy) is 1. The maximum Gasteiger partial charge on any atom is 0.341 e. The molecule has 4 aromatic carbocycles. The van der Waals surface area contributed by atoms with Crippen LogP contribution in [0.1, 0.15) is 60.9 Å². The molecule has 1 aliphatic rings. The number of rotatable bonds is 11. The number of hydrogen-bond acceptors (Lipinski definition) is 7. The van der Waals surface area contributed by atoms with Gasteiger partial charge in [0.1, 0.15) is 15.9 Å². The van der Waals surface area contributed by atoms with Gasteiger partial charge >= 0.3 is 5.97 Å². The first-order valence-electron chi connectivity index (χ1n) is 16.7. The van der Waals surface area contributed by atoms with Crippen LogP contribution in [-0.2, 0) is 27.2 Å². The van der Waals surface area contributed by atoms with E-state index in [0.717, 1.165) is 35.3 Å². The van der Waals surface area contributed by atoms with Crippen molar-refractivity contribution in [2.75, 3.05) is 17.7 Å². The van der Waals surface area contributed by atoms with Crippen molar-refractivity contribution in [2.45, 2.75) is 36.3 Å². The molecule has 1 heterocycles. The molecule has 0 bridgehead atoms. The predicted molar refractivity (Wildman–Crippen MR) is 209 cm³/mol. The fourth-order valence-corrected chi connectivity index (χ4v) is 8.61. The number of nitrogens with one attached hydrogen (secondary N) is 3. The van der Waals surface area contributed by atoms with E-state index < -0.39 is 23.0 Å². The molecule has 0 saturated carbocycles. The normalized spacial score (nSPS) is 14.4.